The van der Waals surface area contributed by atoms with Crippen molar-refractivity contribution in [3.05, 3.63) is 47.6 Å². The van der Waals surface area contributed by atoms with Crippen molar-refractivity contribution in [3.8, 4) is 0 Å². The first-order chi connectivity index (χ1) is 9.90. The van der Waals surface area contributed by atoms with E-state index in [-0.39, 0.29) is 16.3 Å². The van der Waals surface area contributed by atoms with E-state index < -0.39 is 15.9 Å². The van der Waals surface area contributed by atoms with Crippen LogP contribution < -0.4 is 4.72 Å². The van der Waals surface area contributed by atoms with E-state index in [1.54, 1.807) is 24.4 Å². The van der Waals surface area contributed by atoms with Gasteiger partial charge in [-0.05, 0) is 32.1 Å². The van der Waals surface area contributed by atoms with Crippen molar-refractivity contribution in [3.63, 3.8) is 0 Å². The van der Waals surface area contributed by atoms with Gasteiger partial charge in [-0.3, -0.25) is 9.78 Å². The number of aryl methyl sites for hydroxylation is 2. The fraction of sp³-hybridized carbons (Fsp3) is 0.154. The fourth-order valence-electron chi connectivity index (χ4n) is 1.71. The molecule has 0 atom stereocenters. The largest absolute Gasteiger partial charge is 0.360 e. The van der Waals surface area contributed by atoms with Crippen LogP contribution in [0.4, 0.5) is 0 Å². The highest BCUT2D eigenvalue weighted by molar-refractivity contribution is 7.90. The second-order valence-corrected chi connectivity index (χ2v) is 5.83. The Balaban J connectivity index is 2.14. The van der Waals surface area contributed by atoms with Crippen molar-refractivity contribution in [2.75, 3.05) is 0 Å². The number of aromatic nitrogens is 2. The van der Waals surface area contributed by atoms with Crippen LogP contribution in [0.25, 0.3) is 6.08 Å². The molecule has 1 N–H and O–H groups in total. The predicted molar refractivity (Wildman–Crippen MR) is 74.6 cm³/mol. The van der Waals surface area contributed by atoms with E-state index in [0.29, 0.717) is 5.69 Å². The van der Waals surface area contributed by atoms with Crippen molar-refractivity contribution in [2.24, 2.45) is 0 Å². The average Bonchev–Trinajstić information content (AvgIpc) is 2.77. The SMILES string of the molecule is Cc1noc(C)c1S(=O)(=O)NC(=O)C=Cc1ccccn1. The Hall–Kier alpha value is -2.48. The van der Waals surface area contributed by atoms with Crippen molar-refractivity contribution in [2.45, 2.75) is 18.7 Å². The Morgan fingerprint density at radius 3 is 2.67 bits per heavy atom. The quantitative estimate of drug-likeness (QED) is 0.852. The second kappa shape index (κ2) is 5.88. The number of hydrogen-bond acceptors (Lipinski definition) is 6. The zero-order valence-corrected chi connectivity index (χ0v) is 12.2. The highest BCUT2D eigenvalue weighted by Crippen LogP contribution is 2.18. The molecule has 2 aromatic rings. The molecule has 0 saturated heterocycles. The molecular weight excluding hydrogens is 294 g/mol. The summed E-state index contributed by atoms with van der Waals surface area (Å²) in [6, 6.07) is 5.18. The molecule has 2 rings (SSSR count). The molecule has 0 bridgehead atoms. The summed E-state index contributed by atoms with van der Waals surface area (Å²) in [4.78, 5) is 15.6. The van der Waals surface area contributed by atoms with Crippen LogP contribution in [-0.4, -0.2) is 24.5 Å². The number of hydrogen-bond donors (Lipinski definition) is 1. The lowest BCUT2D eigenvalue weighted by Gasteiger charge is -2.03. The van der Waals surface area contributed by atoms with Crippen LogP contribution >= 0.6 is 0 Å². The van der Waals surface area contributed by atoms with Crippen LogP contribution in [0.15, 0.2) is 39.9 Å². The van der Waals surface area contributed by atoms with Gasteiger partial charge in [-0.2, -0.15) is 0 Å². The zero-order chi connectivity index (χ0) is 15.5. The van der Waals surface area contributed by atoms with Crippen molar-refractivity contribution in [1.82, 2.24) is 14.9 Å². The standard InChI is InChI=1S/C13H13N3O4S/c1-9-13(10(2)20-15-9)21(18,19)16-12(17)7-6-11-5-3-4-8-14-11/h3-8H,1-2H3,(H,16,17). The number of pyridine rings is 1. The van der Waals surface area contributed by atoms with E-state index in [4.69, 9.17) is 4.52 Å². The molecule has 0 aliphatic carbocycles. The predicted octanol–water partition coefficient (Wildman–Crippen LogP) is 1.20. The van der Waals surface area contributed by atoms with Gasteiger partial charge in [0.15, 0.2) is 10.7 Å². The Morgan fingerprint density at radius 2 is 2.10 bits per heavy atom. The van der Waals surface area contributed by atoms with Gasteiger partial charge in [-0.15, -0.1) is 0 Å². The second-order valence-electron chi connectivity index (χ2n) is 4.21. The van der Waals surface area contributed by atoms with Crippen molar-refractivity contribution < 1.29 is 17.7 Å². The van der Waals surface area contributed by atoms with Crippen LogP contribution in [0.3, 0.4) is 0 Å². The van der Waals surface area contributed by atoms with Crippen molar-refractivity contribution >= 4 is 22.0 Å². The van der Waals surface area contributed by atoms with Gasteiger partial charge in [-0.1, -0.05) is 11.2 Å². The molecule has 0 radical (unpaired) electrons. The molecule has 2 aromatic heterocycles. The number of nitrogens with one attached hydrogen (secondary N) is 1. The average molecular weight is 307 g/mol. The van der Waals surface area contributed by atoms with E-state index in [2.05, 4.69) is 10.1 Å². The highest BCUT2D eigenvalue weighted by Gasteiger charge is 2.25. The summed E-state index contributed by atoms with van der Waals surface area (Å²) in [5, 5.41) is 3.55. The minimum absolute atomic E-state index is 0.123. The Kier molecular flexibility index (Phi) is 4.18. The molecule has 2 heterocycles. The molecule has 0 unspecified atom stereocenters. The third-order valence-electron chi connectivity index (χ3n) is 2.56. The van der Waals surface area contributed by atoms with E-state index in [9.17, 15) is 13.2 Å². The molecule has 21 heavy (non-hydrogen) atoms. The summed E-state index contributed by atoms with van der Waals surface area (Å²) >= 11 is 0. The number of rotatable bonds is 4. The molecule has 110 valence electrons. The number of carbonyl (C=O) groups is 1. The molecule has 0 aliphatic heterocycles. The highest BCUT2D eigenvalue weighted by atomic mass is 32.2. The molecule has 0 fully saturated rings. The minimum atomic E-state index is -4.01. The third kappa shape index (κ3) is 3.54. The number of carbonyl (C=O) groups excluding carboxylic acids is 1. The Morgan fingerprint density at radius 1 is 1.33 bits per heavy atom. The lowest BCUT2D eigenvalue weighted by Crippen LogP contribution is -2.29. The topological polar surface area (TPSA) is 102 Å². The summed E-state index contributed by atoms with van der Waals surface area (Å²) in [6.07, 6.45) is 4.08. The molecule has 8 heteroatoms. The summed E-state index contributed by atoms with van der Waals surface area (Å²) in [5.74, 6) is -0.651. The third-order valence-corrected chi connectivity index (χ3v) is 4.16. The van der Waals surface area contributed by atoms with Crippen LogP contribution in [-0.2, 0) is 14.8 Å². The van der Waals surface area contributed by atoms with Crippen LogP contribution in [0.1, 0.15) is 17.1 Å². The Labute approximate surface area is 121 Å². The molecule has 0 saturated carbocycles. The summed E-state index contributed by atoms with van der Waals surface area (Å²) in [6.45, 7) is 2.95. The number of nitrogens with zero attached hydrogens (tertiary/aromatic N) is 2. The first kappa shape index (κ1) is 14.9. The van der Waals surface area contributed by atoms with Gasteiger partial charge in [0.1, 0.15) is 5.69 Å². The summed E-state index contributed by atoms with van der Waals surface area (Å²) in [7, 11) is -4.01. The molecular formula is C13H13N3O4S. The summed E-state index contributed by atoms with van der Waals surface area (Å²) in [5.41, 5.74) is 0.740. The maximum absolute atomic E-state index is 12.1. The van der Waals surface area contributed by atoms with Gasteiger partial charge in [-0.25, -0.2) is 13.1 Å². The maximum Gasteiger partial charge on any atom is 0.269 e. The van der Waals surface area contributed by atoms with E-state index in [0.717, 1.165) is 6.08 Å². The minimum Gasteiger partial charge on any atom is -0.360 e. The van der Waals surface area contributed by atoms with Gasteiger partial charge < -0.3 is 4.52 Å². The van der Waals surface area contributed by atoms with Crippen LogP contribution in [0, 0.1) is 13.8 Å². The van der Waals surface area contributed by atoms with Gasteiger partial charge in [0.2, 0.25) is 0 Å². The molecule has 7 nitrogen and oxygen atoms in total. The van der Waals surface area contributed by atoms with E-state index >= 15 is 0 Å². The first-order valence-electron chi connectivity index (χ1n) is 5.99. The van der Waals surface area contributed by atoms with Gasteiger partial charge in [0.05, 0.1) is 5.69 Å². The number of sulfonamides is 1. The normalized spacial score (nSPS) is 11.7. The lowest BCUT2D eigenvalue weighted by molar-refractivity contribution is -0.114. The van der Waals surface area contributed by atoms with E-state index in [1.807, 2.05) is 4.72 Å². The van der Waals surface area contributed by atoms with Crippen molar-refractivity contribution in [1.29, 1.82) is 0 Å². The van der Waals surface area contributed by atoms with Gasteiger partial charge in [0.25, 0.3) is 15.9 Å². The maximum atomic E-state index is 12.1. The van der Waals surface area contributed by atoms with Crippen LogP contribution in [0.2, 0.25) is 0 Å². The fourth-order valence-corrected chi connectivity index (χ4v) is 2.99. The molecule has 0 spiro atoms. The molecule has 0 aromatic carbocycles. The molecule has 0 aliphatic rings. The Bertz CT molecular complexity index is 760. The monoisotopic (exact) mass is 307 g/mol. The first-order valence-corrected chi connectivity index (χ1v) is 7.47. The zero-order valence-electron chi connectivity index (χ0n) is 11.4. The molecule has 1 amide bonds. The summed E-state index contributed by atoms with van der Waals surface area (Å²) < 4.78 is 30.9. The van der Waals surface area contributed by atoms with Crippen LogP contribution in [0.5, 0.6) is 0 Å². The van der Waals surface area contributed by atoms with Gasteiger partial charge >= 0.3 is 0 Å². The van der Waals surface area contributed by atoms with E-state index in [1.165, 1.54) is 19.9 Å². The lowest BCUT2D eigenvalue weighted by atomic mass is 10.3. The van der Waals surface area contributed by atoms with Gasteiger partial charge in [0, 0.05) is 12.3 Å². The smallest absolute Gasteiger partial charge is 0.269 e. The number of amides is 1.